The van der Waals surface area contributed by atoms with Crippen LogP contribution in [0.15, 0.2) is 11.6 Å². The number of rotatable bonds is 5. The fourth-order valence-electron chi connectivity index (χ4n) is 2.22. The van der Waals surface area contributed by atoms with E-state index in [1.807, 2.05) is 18.6 Å². The van der Waals surface area contributed by atoms with Crippen molar-refractivity contribution in [2.45, 2.75) is 25.5 Å². The minimum Gasteiger partial charge on any atom is -0.374 e. The second-order valence-electron chi connectivity index (χ2n) is 4.33. The highest BCUT2D eigenvalue weighted by atomic mass is 32.1. The molecule has 1 aliphatic heterocycles. The smallest absolute Gasteiger partial charge is 0.0941 e. The van der Waals surface area contributed by atoms with Crippen LogP contribution < -0.4 is 5.32 Å². The van der Waals surface area contributed by atoms with E-state index in [1.165, 1.54) is 5.01 Å². The SMILES string of the molecule is CCN1CCOC(C(Cc2nccs2)NC)C1. The number of hydrogen-bond acceptors (Lipinski definition) is 5. The van der Waals surface area contributed by atoms with Crippen LogP contribution in [0.3, 0.4) is 0 Å². The minimum absolute atomic E-state index is 0.276. The van der Waals surface area contributed by atoms with Crippen molar-refractivity contribution >= 4 is 11.3 Å². The van der Waals surface area contributed by atoms with Crippen molar-refractivity contribution in [2.75, 3.05) is 33.3 Å². The molecule has 0 aliphatic carbocycles. The van der Waals surface area contributed by atoms with E-state index in [0.717, 1.165) is 32.7 Å². The third-order valence-electron chi connectivity index (χ3n) is 3.32. The molecule has 17 heavy (non-hydrogen) atoms. The van der Waals surface area contributed by atoms with Gasteiger partial charge in [0.1, 0.15) is 0 Å². The molecule has 1 fully saturated rings. The van der Waals surface area contributed by atoms with E-state index < -0.39 is 0 Å². The van der Waals surface area contributed by atoms with Gasteiger partial charge in [-0.25, -0.2) is 4.98 Å². The predicted octanol–water partition coefficient (Wildman–Crippen LogP) is 0.994. The molecule has 2 rings (SSSR count). The van der Waals surface area contributed by atoms with E-state index in [0.29, 0.717) is 6.04 Å². The first-order valence-electron chi connectivity index (χ1n) is 6.23. The maximum Gasteiger partial charge on any atom is 0.0941 e. The molecule has 4 nitrogen and oxygen atoms in total. The number of likely N-dealkylation sites (N-methyl/N-ethyl adjacent to an activating group) is 2. The van der Waals surface area contributed by atoms with Crippen molar-refractivity contribution in [3.63, 3.8) is 0 Å². The maximum atomic E-state index is 5.88. The van der Waals surface area contributed by atoms with Crippen molar-refractivity contribution < 1.29 is 4.74 Å². The van der Waals surface area contributed by atoms with E-state index in [1.54, 1.807) is 11.3 Å². The summed E-state index contributed by atoms with van der Waals surface area (Å²) in [6.45, 7) is 6.23. The Hall–Kier alpha value is -0.490. The third-order valence-corrected chi connectivity index (χ3v) is 4.12. The molecule has 1 N–H and O–H groups in total. The molecule has 0 bridgehead atoms. The van der Waals surface area contributed by atoms with Gasteiger partial charge in [-0.1, -0.05) is 6.92 Å². The maximum absolute atomic E-state index is 5.88. The molecule has 96 valence electrons. The van der Waals surface area contributed by atoms with Crippen molar-refractivity contribution in [3.8, 4) is 0 Å². The average molecular weight is 255 g/mol. The first-order valence-corrected chi connectivity index (χ1v) is 7.11. The van der Waals surface area contributed by atoms with E-state index in [9.17, 15) is 0 Å². The monoisotopic (exact) mass is 255 g/mol. The van der Waals surface area contributed by atoms with Crippen molar-refractivity contribution in [1.82, 2.24) is 15.2 Å². The second kappa shape index (κ2) is 6.44. The molecule has 1 aliphatic rings. The number of nitrogens with zero attached hydrogens (tertiary/aromatic N) is 2. The molecule has 2 heterocycles. The number of thiazole rings is 1. The first-order chi connectivity index (χ1) is 8.33. The first kappa shape index (κ1) is 13.0. The normalized spacial score (nSPS) is 23.8. The van der Waals surface area contributed by atoms with Crippen LogP contribution in [0.5, 0.6) is 0 Å². The van der Waals surface area contributed by atoms with E-state index in [4.69, 9.17) is 4.74 Å². The molecule has 5 heteroatoms. The Balaban J connectivity index is 1.93. The van der Waals surface area contributed by atoms with Gasteiger partial charge in [-0.2, -0.15) is 0 Å². The van der Waals surface area contributed by atoms with Crippen LogP contribution >= 0.6 is 11.3 Å². The summed E-state index contributed by atoms with van der Waals surface area (Å²) in [5, 5.41) is 6.58. The van der Waals surface area contributed by atoms with Gasteiger partial charge in [0, 0.05) is 37.1 Å². The summed E-state index contributed by atoms with van der Waals surface area (Å²) in [5.74, 6) is 0. The molecule has 0 spiro atoms. The topological polar surface area (TPSA) is 37.4 Å². The van der Waals surface area contributed by atoms with Crippen molar-refractivity contribution in [1.29, 1.82) is 0 Å². The number of morpholine rings is 1. The molecule has 0 radical (unpaired) electrons. The highest BCUT2D eigenvalue weighted by Gasteiger charge is 2.27. The van der Waals surface area contributed by atoms with E-state index in [-0.39, 0.29) is 6.10 Å². The number of ether oxygens (including phenoxy) is 1. The van der Waals surface area contributed by atoms with Crippen molar-refractivity contribution in [2.24, 2.45) is 0 Å². The molecule has 2 unspecified atom stereocenters. The van der Waals surface area contributed by atoms with Gasteiger partial charge in [-0.3, -0.25) is 4.90 Å². The Morgan fingerprint density at radius 3 is 3.24 bits per heavy atom. The molecule has 0 saturated carbocycles. The molecule has 2 atom stereocenters. The Morgan fingerprint density at radius 2 is 2.59 bits per heavy atom. The van der Waals surface area contributed by atoms with Crippen LogP contribution in [0.2, 0.25) is 0 Å². The van der Waals surface area contributed by atoms with Gasteiger partial charge in [0.15, 0.2) is 0 Å². The highest BCUT2D eigenvalue weighted by molar-refractivity contribution is 7.09. The standard InChI is InChI=1S/C12H21N3OS/c1-3-15-5-6-16-11(9-15)10(13-2)8-12-14-4-7-17-12/h4,7,10-11,13H,3,5-6,8-9H2,1-2H3. The lowest BCUT2D eigenvalue weighted by Gasteiger charge is -2.36. The fourth-order valence-corrected chi connectivity index (χ4v) is 2.90. The summed E-state index contributed by atoms with van der Waals surface area (Å²) in [6, 6.07) is 0.357. The average Bonchev–Trinajstić information content (AvgIpc) is 2.89. The van der Waals surface area contributed by atoms with Crippen LogP contribution in [0.25, 0.3) is 0 Å². The zero-order valence-electron chi connectivity index (χ0n) is 10.6. The minimum atomic E-state index is 0.276. The van der Waals surface area contributed by atoms with E-state index >= 15 is 0 Å². The highest BCUT2D eigenvalue weighted by Crippen LogP contribution is 2.14. The van der Waals surface area contributed by atoms with Crippen LogP contribution in [0.1, 0.15) is 11.9 Å². The molecule has 1 saturated heterocycles. The van der Waals surface area contributed by atoms with Crippen LogP contribution in [0, 0.1) is 0 Å². The summed E-state index contributed by atoms with van der Waals surface area (Å²) >= 11 is 1.72. The zero-order valence-corrected chi connectivity index (χ0v) is 11.4. The molecule has 1 aromatic rings. The molecule has 0 aromatic carbocycles. The van der Waals surface area contributed by atoms with Gasteiger partial charge >= 0.3 is 0 Å². The fraction of sp³-hybridized carbons (Fsp3) is 0.750. The van der Waals surface area contributed by atoms with Gasteiger partial charge in [0.2, 0.25) is 0 Å². The third kappa shape index (κ3) is 3.48. The summed E-state index contributed by atoms with van der Waals surface area (Å²) in [5.41, 5.74) is 0. The Bertz CT molecular complexity index is 318. The number of aromatic nitrogens is 1. The van der Waals surface area contributed by atoms with Crippen LogP contribution in [-0.2, 0) is 11.2 Å². The van der Waals surface area contributed by atoms with Gasteiger partial charge in [0.05, 0.1) is 17.7 Å². The Morgan fingerprint density at radius 1 is 1.71 bits per heavy atom. The lowest BCUT2D eigenvalue weighted by molar-refractivity contribution is -0.0436. The molecular formula is C12H21N3OS. The lowest BCUT2D eigenvalue weighted by Crippen LogP contribution is -2.52. The zero-order chi connectivity index (χ0) is 12.1. The lowest BCUT2D eigenvalue weighted by atomic mass is 10.1. The summed E-state index contributed by atoms with van der Waals surface area (Å²) in [6.07, 6.45) is 3.10. The molecule has 1 aromatic heterocycles. The Labute approximate surface area is 107 Å². The quantitative estimate of drug-likeness (QED) is 0.851. The predicted molar refractivity (Wildman–Crippen MR) is 70.5 cm³/mol. The Kier molecular flexibility index (Phi) is 4.91. The van der Waals surface area contributed by atoms with Gasteiger partial charge in [-0.15, -0.1) is 11.3 Å². The largest absolute Gasteiger partial charge is 0.374 e. The molecule has 0 amide bonds. The van der Waals surface area contributed by atoms with Gasteiger partial charge < -0.3 is 10.1 Å². The summed E-state index contributed by atoms with van der Waals surface area (Å²) in [4.78, 5) is 6.79. The van der Waals surface area contributed by atoms with Crippen LogP contribution in [-0.4, -0.2) is 55.3 Å². The van der Waals surface area contributed by atoms with Gasteiger partial charge in [0.25, 0.3) is 0 Å². The summed E-state index contributed by atoms with van der Waals surface area (Å²) in [7, 11) is 2.01. The molecular weight excluding hydrogens is 234 g/mol. The summed E-state index contributed by atoms with van der Waals surface area (Å²) < 4.78 is 5.88. The number of hydrogen-bond donors (Lipinski definition) is 1. The second-order valence-corrected chi connectivity index (χ2v) is 5.31. The number of nitrogens with one attached hydrogen (secondary N) is 1. The van der Waals surface area contributed by atoms with Crippen LogP contribution in [0.4, 0.5) is 0 Å². The van der Waals surface area contributed by atoms with Gasteiger partial charge in [-0.05, 0) is 13.6 Å². The van der Waals surface area contributed by atoms with Crippen molar-refractivity contribution in [3.05, 3.63) is 16.6 Å². The van der Waals surface area contributed by atoms with E-state index in [2.05, 4.69) is 22.1 Å².